The van der Waals surface area contributed by atoms with Gasteiger partial charge in [-0.1, -0.05) is 13.8 Å². The highest BCUT2D eigenvalue weighted by molar-refractivity contribution is 4.77. The van der Waals surface area contributed by atoms with E-state index in [0.29, 0.717) is 12.0 Å². The zero-order valence-corrected chi connectivity index (χ0v) is 8.39. The number of nitrogens with zero attached hydrogens (tertiary/aromatic N) is 1. The predicted octanol–water partition coefficient (Wildman–Crippen LogP) is 2.46. The van der Waals surface area contributed by atoms with Gasteiger partial charge in [0.15, 0.2) is 0 Å². The monoisotopic (exact) mass is 173 g/mol. The first-order valence-corrected chi connectivity index (χ1v) is 4.99. The van der Waals surface area contributed by atoms with Crippen molar-refractivity contribution in [2.24, 2.45) is 5.92 Å². The van der Waals surface area contributed by atoms with Crippen LogP contribution >= 0.6 is 0 Å². The SMILES string of the molecule is CC(C)[C@H](C)N1CCC(F)CC1. The second-order valence-electron chi connectivity index (χ2n) is 4.20. The van der Waals surface area contributed by atoms with Crippen LogP contribution in [0.1, 0.15) is 33.6 Å². The largest absolute Gasteiger partial charge is 0.300 e. The van der Waals surface area contributed by atoms with Crippen LogP contribution in [-0.2, 0) is 0 Å². The molecule has 1 saturated heterocycles. The average Bonchev–Trinajstić information content (AvgIpc) is 2.04. The van der Waals surface area contributed by atoms with Gasteiger partial charge >= 0.3 is 0 Å². The lowest BCUT2D eigenvalue weighted by Crippen LogP contribution is -2.42. The van der Waals surface area contributed by atoms with Crippen molar-refractivity contribution in [2.75, 3.05) is 13.1 Å². The Morgan fingerprint density at radius 3 is 2.08 bits per heavy atom. The topological polar surface area (TPSA) is 3.24 Å². The van der Waals surface area contributed by atoms with Crippen molar-refractivity contribution in [3.63, 3.8) is 0 Å². The minimum Gasteiger partial charge on any atom is -0.300 e. The van der Waals surface area contributed by atoms with Gasteiger partial charge in [0.05, 0.1) is 0 Å². The third-order valence-electron chi connectivity index (χ3n) is 3.00. The number of piperidine rings is 1. The summed E-state index contributed by atoms with van der Waals surface area (Å²) in [5.41, 5.74) is 0. The molecule has 0 bridgehead atoms. The van der Waals surface area contributed by atoms with Crippen LogP contribution in [0.5, 0.6) is 0 Å². The van der Waals surface area contributed by atoms with E-state index in [-0.39, 0.29) is 0 Å². The van der Waals surface area contributed by atoms with Crippen LogP contribution in [0.3, 0.4) is 0 Å². The Balaban J connectivity index is 2.34. The Kier molecular flexibility index (Phi) is 3.51. The maximum atomic E-state index is 12.8. The van der Waals surface area contributed by atoms with Crippen molar-refractivity contribution in [3.05, 3.63) is 0 Å². The Morgan fingerprint density at radius 1 is 1.17 bits per heavy atom. The summed E-state index contributed by atoms with van der Waals surface area (Å²) in [4.78, 5) is 2.40. The van der Waals surface area contributed by atoms with Crippen molar-refractivity contribution >= 4 is 0 Å². The molecule has 0 saturated carbocycles. The minimum atomic E-state index is -0.541. The van der Waals surface area contributed by atoms with E-state index in [1.54, 1.807) is 0 Å². The van der Waals surface area contributed by atoms with Crippen LogP contribution in [-0.4, -0.2) is 30.2 Å². The number of hydrogen-bond donors (Lipinski definition) is 0. The van der Waals surface area contributed by atoms with Gasteiger partial charge in [0.2, 0.25) is 0 Å². The molecule has 72 valence electrons. The van der Waals surface area contributed by atoms with Crippen molar-refractivity contribution in [1.82, 2.24) is 4.90 Å². The standard InChI is InChI=1S/C10H20FN/c1-8(2)9(3)12-6-4-10(11)5-7-12/h8-10H,4-7H2,1-3H3/t9-/m0/s1. The molecule has 0 aromatic rings. The average molecular weight is 173 g/mol. The number of rotatable bonds is 2. The molecule has 1 rings (SSSR count). The van der Waals surface area contributed by atoms with E-state index in [4.69, 9.17) is 0 Å². The van der Waals surface area contributed by atoms with E-state index in [0.717, 1.165) is 25.9 Å². The molecule has 1 nitrogen and oxygen atoms in total. The van der Waals surface area contributed by atoms with Gasteiger partial charge in [0.25, 0.3) is 0 Å². The highest BCUT2D eigenvalue weighted by Crippen LogP contribution is 2.18. The quantitative estimate of drug-likeness (QED) is 0.620. The van der Waals surface area contributed by atoms with Gasteiger partial charge < -0.3 is 4.90 Å². The summed E-state index contributed by atoms with van der Waals surface area (Å²) < 4.78 is 12.8. The molecule has 0 aliphatic carbocycles. The zero-order valence-electron chi connectivity index (χ0n) is 8.39. The second kappa shape index (κ2) is 4.22. The maximum absolute atomic E-state index is 12.8. The number of alkyl halides is 1. The van der Waals surface area contributed by atoms with E-state index in [1.165, 1.54) is 0 Å². The number of hydrogen-bond acceptors (Lipinski definition) is 1. The zero-order chi connectivity index (χ0) is 9.14. The predicted molar refractivity (Wildman–Crippen MR) is 50.0 cm³/mol. The van der Waals surface area contributed by atoms with Crippen molar-refractivity contribution < 1.29 is 4.39 Å². The maximum Gasteiger partial charge on any atom is 0.103 e. The fraction of sp³-hybridized carbons (Fsp3) is 1.00. The Morgan fingerprint density at radius 2 is 1.67 bits per heavy atom. The van der Waals surface area contributed by atoms with Gasteiger partial charge in [-0.05, 0) is 25.7 Å². The summed E-state index contributed by atoms with van der Waals surface area (Å²) in [7, 11) is 0. The van der Waals surface area contributed by atoms with Crippen LogP contribution in [0.25, 0.3) is 0 Å². The molecule has 0 aromatic carbocycles. The molecule has 2 heteroatoms. The Labute approximate surface area is 74.9 Å². The van der Waals surface area contributed by atoms with E-state index < -0.39 is 6.17 Å². The molecule has 0 unspecified atom stereocenters. The summed E-state index contributed by atoms with van der Waals surface area (Å²) in [6, 6.07) is 0.609. The highest BCUT2D eigenvalue weighted by Gasteiger charge is 2.23. The lowest BCUT2D eigenvalue weighted by atomic mass is 10.0. The lowest BCUT2D eigenvalue weighted by molar-refractivity contribution is 0.0973. The first kappa shape index (κ1) is 9.97. The highest BCUT2D eigenvalue weighted by atomic mass is 19.1. The number of halogens is 1. The van der Waals surface area contributed by atoms with E-state index in [1.807, 2.05) is 0 Å². The molecule has 0 radical (unpaired) electrons. The van der Waals surface area contributed by atoms with Crippen molar-refractivity contribution in [2.45, 2.75) is 45.8 Å². The Bertz CT molecular complexity index is 128. The molecule has 1 heterocycles. The van der Waals surface area contributed by atoms with Crippen molar-refractivity contribution in [1.29, 1.82) is 0 Å². The van der Waals surface area contributed by atoms with Gasteiger partial charge in [0.1, 0.15) is 6.17 Å². The lowest BCUT2D eigenvalue weighted by Gasteiger charge is -2.35. The summed E-state index contributed by atoms with van der Waals surface area (Å²) in [6.07, 6.45) is 0.925. The van der Waals surface area contributed by atoms with Gasteiger partial charge in [-0.25, -0.2) is 4.39 Å². The fourth-order valence-corrected chi connectivity index (χ4v) is 1.70. The van der Waals surface area contributed by atoms with E-state index >= 15 is 0 Å². The molecule has 12 heavy (non-hydrogen) atoms. The van der Waals surface area contributed by atoms with E-state index in [9.17, 15) is 4.39 Å². The van der Waals surface area contributed by atoms with E-state index in [2.05, 4.69) is 25.7 Å². The summed E-state index contributed by atoms with van der Waals surface area (Å²) in [5.74, 6) is 0.682. The first-order chi connectivity index (χ1) is 5.61. The van der Waals surface area contributed by atoms with Crippen LogP contribution in [0.4, 0.5) is 4.39 Å². The third kappa shape index (κ3) is 2.44. The van der Waals surface area contributed by atoms with Gasteiger partial charge in [-0.3, -0.25) is 0 Å². The first-order valence-electron chi connectivity index (χ1n) is 4.99. The summed E-state index contributed by atoms with van der Waals surface area (Å²) in [6.45, 7) is 8.59. The molecule has 1 aliphatic heterocycles. The second-order valence-corrected chi connectivity index (χ2v) is 4.20. The molecule has 0 amide bonds. The van der Waals surface area contributed by atoms with Gasteiger partial charge in [-0.15, -0.1) is 0 Å². The molecule has 0 spiro atoms. The van der Waals surface area contributed by atoms with Crippen LogP contribution in [0, 0.1) is 5.92 Å². The third-order valence-corrected chi connectivity index (χ3v) is 3.00. The minimum absolute atomic E-state index is 0.541. The molecule has 0 aromatic heterocycles. The summed E-state index contributed by atoms with van der Waals surface area (Å²) >= 11 is 0. The van der Waals surface area contributed by atoms with Gasteiger partial charge in [0, 0.05) is 19.1 Å². The molecule has 1 fully saturated rings. The smallest absolute Gasteiger partial charge is 0.103 e. The normalized spacial score (nSPS) is 24.8. The van der Waals surface area contributed by atoms with Gasteiger partial charge in [-0.2, -0.15) is 0 Å². The Hall–Kier alpha value is -0.110. The molecule has 1 aliphatic rings. The van der Waals surface area contributed by atoms with Crippen molar-refractivity contribution in [3.8, 4) is 0 Å². The summed E-state index contributed by atoms with van der Waals surface area (Å²) in [5, 5.41) is 0. The molecule has 0 N–H and O–H groups in total. The molecule has 1 atom stereocenters. The van der Waals surface area contributed by atoms with Crippen LogP contribution in [0.15, 0.2) is 0 Å². The molecular formula is C10H20FN. The fourth-order valence-electron chi connectivity index (χ4n) is 1.70. The van der Waals surface area contributed by atoms with Crippen LogP contribution in [0.2, 0.25) is 0 Å². The van der Waals surface area contributed by atoms with Crippen LogP contribution < -0.4 is 0 Å². The number of likely N-dealkylation sites (tertiary alicyclic amines) is 1. The molecular weight excluding hydrogens is 153 g/mol.